The van der Waals surface area contributed by atoms with E-state index in [0.717, 1.165) is 12.1 Å². The number of rotatable bonds is 4. The molecule has 0 radical (unpaired) electrons. The number of benzene rings is 2. The fraction of sp³-hybridized carbons (Fsp3) is 0.0526. The molecule has 128 valence electrons. The molecule has 0 bridgehead atoms. The maximum Gasteiger partial charge on any atom is 0.258 e. The van der Waals surface area contributed by atoms with E-state index in [2.05, 4.69) is 11.9 Å². The molecule has 0 aromatic heterocycles. The van der Waals surface area contributed by atoms with E-state index in [4.69, 9.17) is 11.6 Å². The molecule has 0 atom stereocenters. The summed E-state index contributed by atoms with van der Waals surface area (Å²) < 4.78 is 27.3. The monoisotopic (exact) mass is 361 g/mol. The smallest absolute Gasteiger partial charge is 0.258 e. The van der Waals surface area contributed by atoms with Gasteiger partial charge in [0.05, 0.1) is 5.57 Å². The van der Waals surface area contributed by atoms with Crippen molar-refractivity contribution in [3.05, 3.63) is 82.4 Å². The first-order valence-corrected chi connectivity index (χ1v) is 7.59. The second-order valence-corrected chi connectivity index (χ2v) is 5.73. The zero-order valence-corrected chi connectivity index (χ0v) is 14.0. The van der Waals surface area contributed by atoms with Gasteiger partial charge in [0.15, 0.2) is 0 Å². The average molecular weight is 362 g/mol. The van der Waals surface area contributed by atoms with E-state index in [-0.39, 0.29) is 16.7 Å². The molecule has 6 heteroatoms. The number of imide groups is 1. The minimum Gasteiger partial charge on any atom is -0.288 e. The lowest BCUT2D eigenvalue weighted by Gasteiger charge is -2.10. The minimum atomic E-state index is -0.918. The van der Waals surface area contributed by atoms with Gasteiger partial charge in [-0.1, -0.05) is 30.3 Å². The molecule has 0 spiro atoms. The number of halogens is 3. The van der Waals surface area contributed by atoms with Gasteiger partial charge in [0, 0.05) is 22.2 Å². The van der Waals surface area contributed by atoms with E-state index >= 15 is 0 Å². The van der Waals surface area contributed by atoms with E-state index in [9.17, 15) is 18.4 Å². The fourth-order valence-electron chi connectivity index (χ4n) is 1.98. The third-order valence-corrected chi connectivity index (χ3v) is 3.51. The Morgan fingerprint density at radius 1 is 1.08 bits per heavy atom. The zero-order valence-electron chi connectivity index (χ0n) is 13.3. The van der Waals surface area contributed by atoms with Crippen molar-refractivity contribution in [1.29, 1.82) is 0 Å². The van der Waals surface area contributed by atoms with Crippen LogP contribution in [-0.2, 0) is 9.59 Å². The highest BCUT2D eigenvalue weighted by atomic mass is 35.5. The summed E-state index contributed by atoms with van der Waals surface area (Å²) in [6.07, 6.45) is 1.38. The molecule has 25 heavy (non-hydrogen) atoms. The van der Waals surface area contributed by atoms with Crippen LogP contribution in [0.25, 0.3) is 11.6 Å². The normalized spacial score (nSPS) is 11.1. The lowest BCUT2D eigenvalue weighted by molar-refractivity contribution is -0.125. The molecule has 0 heterocycles. The molecule has 0 saturated heterocycles. The van der Waals surface area contributed by atoms with Crippen LogP contribution in [0.3, 0.4) is 0 Å². The summed E-state index contributed by atoms with van der Waals surface area (Å²) in [5, 5.41) is 2.61. The molecule has 0 aliphatic rings. The molecule has 0 saturated carbocycles. The van der Waals surface area contributed by atoms with Crippen LogP contribution in [0.5, 0.6) is 0 Å². The number of carbonyl (C=O) groups excluding carboxylic acids is 2. The van der Waals surface area contributed by atoms with Crippen molar-refractivity contribution in [3.8, 4) is 0 Å². The average Bonchev–Trinajstić information content (AvgIpc) is 2.54. The number of carbonyl (C=O) groups is 2. The van der Waals surface area contributed by atoms with Crippen LogP contribution in [-0.4, -0.2) is 11.8 Å². The van der Waals surface area contributed by atoms with Gasteiger partial charge in [-0.25, -0.2) is 8.78 Å². The van der Waals surface area contributed by atoms with Crippen molar-refractivity contribution in [2.75, 3.05) is 0 Å². The molecule has 2 aromatic rings. The van der Waals surface area contributed by atoms with Gasteiger partial charge in [-0.3, -0.25) is 14.9 Å². The van der Waals surface area contributed by atoms with Crippen LogP contribution >= 0.6 is 11.6 Å². The van der Waals surface area contributed by atoms with Crippen LogP contribution in [0.1, 0.15) is 18.1 Å². The number of hydrogen-bond acceptors (Lipinski definition) is 2. The van der Waals surface area contributed by atoms with Gasteiger partial charge >= 0.3 is 0 Å². The first kappa shape index (κ1) is 18.5. The van der Waals surface area contributed by atoms with Crippen molar-refractivity contribution >= 4 is 35.1 Å². The van der Waals surface area contributed by atoms with E-state index in [0.29, 0.717) is 16.7 Å². The van der Waals surface area contributed by atoms with E-state index < -0.39 is 23.4 Å². The molecule has 2 rings (SSSR count). The highest BCUT2D eigenvalue weighted by molar-refractivity contribution is 6.31. The summed E-state index contributed by atoms with van der Waals surface area (Å²) in [4.78, 5) is 24.1. The summed E-state index contributed by atoms with van der Waals surface area (Å²) in [5.41, 5.74) is 0.414. The molecule has 2 amide bonds. The Morgan fingerprint density at radius 2 is 1.72 bits per heavy atom. The summed E-state index contributed by atoms with van der Waals surface area (Å²) >= 11 is 5.82. The predicted octanol–water partition coefficient (Wildman–Crippen LogP) is 4.38. The SMILES string of the molecule is C=C(C)C(=O)NC(=O)/C(=C/c1ccc(Cl)cc1)c1ccc(F)cc1F. The highest BCUT2D eigenvalue weighted by Crippen LogP contribution is 2.23. The molecule has 0 fully saturated rings. The van der Waals surface area contributed by atoms with Crippen LogP contribution in [0.2, 0.25) is 5.02 Å². The third kappa shape index (κ3) is 4.84. The molecular formula is C19H14ClF2NO2. The Kier molecular flexibility index (Phi) is 5.83. The largest absolute Gasteiger partial charge is 0.288 e. The van der Waals surface area contributed by atoms with Crippen molar-refractivity contribution in [1.82, 2.24) is 5.32 Å². The van der Waals surface area contributed by atoms with Gasteiger partial charge in [-0.2, -0.15) is 0 Å². The molecule has 0 unspecified atom stereocenters. The quantitative estimate of drug-likeness (QED) is 0.649. The Balaban J connectivity index is 2.50. The van der Waals surface area contributed by atoms with Crippen LogP contribution in [0, 0.1) is 11.6 Å². The fourth-order valence-corrected chi connectivity index (χ4v) is 2.10. The molecular weight excluding hydrogens is 348 g/mol. The lowest BCUT2D eigenvalue weighted by atomic mass is 10.0. The molecule has 0 aliphatic heterocycles. The van der Waals surface area contributed by atoms with Crippen LogP contribution in [0.4, 0.5) is 8.78 Å². The Morgan fingerprint density at radius 3 is 2.28 bits per heavy atom. The van der Waals surface area contributed by atoms with Crippen molar-refractivity contribution in [3.63, 3.8) is 0 Å². The zero-order chi connectivity index (χ0) is 18.6. The number of nitrogens with one attached hydrogen (secondary N) is 1. The van der Waals surface area contributed by atoms with Crippen molar-refractivity contribution in [2.24, 2.45) is 0 Å². The number of amides is 2. The first-order chi connectivity index (χ1) is 11.8. The van der Waals surface area contributed by atoms with E-state index in [1.807, 2.05) is 0 Å². The van der Waals surface area contributed by atoms with Crippen LogP contribution in [0.15, 0.2) is 54.6 Å². The van der Waals surface area contributed by atoms with Crippen molar-refractivity contribution in [2.45, 2.75) is 6.92 Å². The molecule has 1 N–H and O–H groups in total. The van der Waals surface area contributed by atoms with Crippen molar-refractivity contribution < 1.29 is 18.4 Å². The van der Waals surface area contributed by atoms with Gasteiger partial charge in [0.25, 0.3) is 11.8 Å². The molecule has 2 aromatic carbocycles. The minimum absolute atomic E-state index is 0.124. The summed E-state index contributed by atoms with van der Waals surface area (Å²) in [5.74, 6) is -3.20. The summed E-state index contributed by atoms with van der Waals surface area (Å²) in [6.45, 7) is 4.88. The Labute approximate surface area is 148 Å². The Bertz CT molecular complexity index is 873. The summed E-state index contributed by atoms with van der Waals surface area (Å²) in [7, 11) is 0. The topological polar surface area (TPSA) is 46.2 Å². The summed E-state index contributed by atoms with van der Waals surface area (Å²) in [6, 6.07) is 9.28. The van der Waals surface area contributed by atoms with Gasteiger partial charge in [-0.15, -0.1) is 0 Å². The molecule has 0 aliphatic carbocycles. The van der Waals surface area contributed by atoms with Crippen LogP contribution < -0.4 is 5.32 Å². The van der Waals surface area contributed by atoms with E-state index in [1.54, 1.807) is 24.3 Å². The van der Waals surface area contributed by atoms with Gasteiger partial charge in [0.1, 0.15) is 11.6 Å². The predicted molar refractivity (Wildman–Crippen MR) is 93.6 cm³/mol. The second kappa shape index (κ2) is 7.85. The molecule has 3 nitrogen and oxygen atoms in total. The lowest BCUT2D eigenvalue weighted by Crippen LogP contribution is -2.31. The van der Waals surface area contributed by atoms with E-state index in [1.165, 1.54) is 13.0 Å². The van der Waals surface area contributed by atoms with Gasteiger partial charge in [-0.05, 0) is 42.8 Å². The second-order valence-electron chi connectivity index (χ2n) is 5.30. The maximum atomic E-state index is 14.1. The third-order valence-electron chi connectivity index (χ3n) is 3.26. The number of hydrogen-bond donors (Lipinski definition) is 1. The standard InChI is InChI=1S/C19H14ClF2NO2/c1-11(2)18(24)23-19(25)16(9-12-3-5-13(20)6-4-12)15-8-7-14(21)10-17(15)22/h3-10H,1H2,2H3,(H,23,24,25)/b16-9+. The maximum absolute atomic E-state index is 14.1. The highest BCUT2D eigenvalue weighted by Gasteiger charge is 2.19. The Hall–Kier alpha value is -2.79. The van der Waals surface area contributed by atoms with Gasteiger partial charge < -0.3 is 0 Å². The van der Waals surface area contributed by atoms with Gasteiger partial charge in [0.2, 0.25) is 0 Å². The first-order valence-electron chi connectivity index (χ1n) is 7.22.